The first-order chi connectivity index (χ1) is 10.5. The van der Waals surface area contributed by atoms with Gasteiger partial charge in [0.05, 0.1) is 11.5 Å². The lowest BCUT2D eigenvalue weighted by Crippen LogP contribution is -2.18. The van der Waals surface area contributed by atoms with Crippen LogP contribution in [0.2, 0.25) is 0 Å². The highest BCUT2D eigenvalue weighted by molar-refractivity contribution is 7.91. The van der Waals surface area contributed by atoms with Gasteiger partial charge in [0.2, 0.25) is 5.91 Å². The maximum atomic E-state index is 12.0. The van der Waals surface area contributed by atoms with Gasteiger partial charge in [0.25, 0.3) is 0 Å². The topological polar surface area (TPSA) is 66.5 Å². The number of amides is 1. The molecule has 1 aromatic carbocycles. The van der Waals surface area contributed by atoms with E-state index < -0.39 is 9.84 Å². The maximum absolute atomic E-state index is 12.0. The first-order valence-electron chi connectivity index (χ1n) is 7.87. The second-order valence-corrected chi connectivity index (χ2v) is 8.49. The summed E-state index contributed by atoms with van der Waals surface area (Å²) in [5, 5.41) is 2.86. The average Bonchev–Trinajstić information content (AvgIpc) is 3.09. The van der Waals surface area contributed by atoms with Crippen LogP contribution in [-0.4, -0.2) is 38.9 Å². The number of carbonyl (C=O) groups excluding carboxylic acids is 1. The molecule has 1 N–H and O–H groups in total. The molecule has 1 aromatic rings. The summed E-state index contributed by atoms with van der Waals surface area (Å²) in [6.45, 7) is 2.20. The summed E-state index contributed by atoms with van der Waals surface area (Å²) in [7, 11) is -2.91. The van der Waals surface area contributed by atoms with Crippen molar-refractivity contribution in [3.63, 3.8) is 0 Å². The third kappa shape index (κ3) is 3.80. The molecule has 1 unspecified atom stereocenters. The fourth-order valence-electron chi connectivity index (χ4n) is 3.24. The van der Waals surface area contributed by atoms with Crippen molar-refractivity contribution in [1.82, 2.24) is 0 Å². The number of rotatable bonds is 4. The summed E-state index contributed by atoms with van der Waals surface area (Å²) in [4.78, 5) is 14.3. The Morgan fingerprint density at radius 1 is 1.18 bits per heavy atom. The quantitative estimate of drug-likeness (QED) is 0.921. The SMILES string of the molecule is O=C(CC1CCS(=O)(=O)C1)Nc1ccc(N2CCCC2)cc1. The monoisotopic (exact) mass is 322 g/mol. The van der Waals surface area contributed by atoms with Crippen molar-refractivity contribution in [2.75, 3.05) is 34.8 Å². The smallest absolute Gasteiger partial charge is 0.224 e. The number of anilines is 2. The largest absolute Gasteiger partial charge is 0.372 e. The Balaban J connectivity index is 1.53. The molecule has 2 heterocycles. The van der Waals surface area contributed by atoms with Crippen LogP contribution in [0.1, 0.15) is 25.7 Å². The van der Waals surface area contributed by atoms with E-state index in [4.69, 9.17) is 0 Å². The van der Waals surface area contributed by atoms with E-state index in [-0.39, 0.29) is 29.8 Å². The highest BCUT2D eigenvalue weighted by Crippen LogP contribution is 2.24. The molecule has 22 heavy (non-hydrogen) atoms. The van der Waals surface area contributed by atoms with Crippen molar-refractivity contribution in [3.05, 3.63) is 24.3 Å². The summed E-state index contributed by atoms with van der Waals surface area (Å²) in [5.41, 5.74) is 1.96. The van der Waals surface area contributed by atoms with Crippen molar-refractivity contribution in [2.45, 2.75) is 25.7 Å². The van der Waals surface area contributed by atoms with Gasteiger partial charge in [0, 0.05) is 30.9 Å². The lowest BCUT2D eigenvalue weighted by Gasteiger charge is -2.18. The van der Waals surface area contributed by atoms with Gasteiger partial charge >= 0.3 is 0 Å². The van der Waals surface area contributed by atoms with E-state index in [2.05, 4.69) is 10.2 Å². The molecule has 0 bridgehead atoms. The van der Waals surface area contributed by atoms with Crippen LogP contribution in [0.4, 0.5) is 11.4 Å². The van der Waals surface area contributed by atoms with Crippen molar-refractivity contribution in [2.24, 2.45) is 5.92 Å². The van der Waals surface area contributed by atoms with Crippen LogP contribution in [0.15, 0.2) is 24.3 Å². The first-order valence-corrected chi connectivity index (χ1v) is 9.69. The Kier molecular flexibility index (Phi) is 4.38. The van der Waals surface area contributed by atoms with E-state index in [1.165, 1.54) is 18.5 Å². The highest BCUT2D eigenvalue weighted by atomic mass is 32.2. The van der Waals surface area contributed by atoms with Gasteiger partial charge in [-0.25, -0.2) is 8.42 Å². The summed E-state index contributed by atoms with van der Waals surface area (Å²) in [6, 6.07) is 7.88. The average molecular weight is 322 g/mol. The zero-order valence-electron chi connectivity index (χ0n) is 12.6. The molecule has 2 aliphatic heterocycles. The summed E-state index contributed by atoms with van der Waals surface area (Å²) < 4.78 is 22.8. The number of benzene rings is 1. The van der Waals surface area contributed by atoms with Crippen LogP contribution in [0, 0.1) is 5.92 Å². The second-order valence-electron chi connectivity index (χ2n) is 6.26. The predicted octanol–water partition coefficient (Wildman–Crippen LogP) is 2.05. The fourth-order valence-corrected chi connectivity index (χ4v) is 5.10. The molecule has 6 heteroatoms. The Morgan fingerprint density at radius 2 is 1.86 bits per heavy atom. The van der Waals surface area contributed by atoms with Gasteiger partial charge in [-0.3, -0.25) is 4.79 Å². The number of nitrogens with zero attached hydrogens (tertiary/aromatic N) is 1. The molecule has 1 atom stereocenters. The van der Waals surface area contributed by atoms with Crippen LogP contribution in [0.5, 0.6) is 0 Å². The predicted molar refractivity (Wildman–Crippen MR) is 87.9 cm³/mol. The highest BCUT2D eigenvalue weighted by Gasteiger charge is 2.29. The molecule has 0 aromatic heterocycles. The zero-order chi connectivity index (χ0) is 15.6. The number of sulfone groups is 1. The molecule has 1 amide bonds. The van der Waals surface area contributed by atoms with Crippen LogP contribution in [-0.2, 0) is 14.6 Å². The molecule has 5 nitrogen and oxygen atoms in total. The van der Waals surface area contributed by atoms with E-state index >= 15 is 0 Å². The molecule has 2 fully saturated rings. The van der Waals surface area contributed by atoms with Gasteiger partial charge in [0.15, 0.2) is 9.84 Å². The minimum absolute atomic E-state index is 0.0335. The van der Waals surface area contributed by atoms with Gasteiger partial charge in [-0.05, 0) is 49.4 Å². The third-order valence-electron chi connectivity index (χ3n) is 4.42. The summed E-state index contributed by atoms with van der Waals surface area (Å²) >= 11 is 0. The third-order valence-corrected chi connectivity index (χ3v) is 6.26. The van der Waals surface area contributed by atoms with Crippen molar-refractivity contribution in [1.29, 1.82) is 0 Å². The lowest BCUT2D eigenvalue weighted by molar-refractivity contribution is -0.116. The van der Waals surface area contributed by atoms with E-state index in [1.54, 1.807) is 0 Å². The van der Waals surface area contributed by atoms with Crippen molar-refractivity contribution < 1.29 is 13.2 Å². The first kappa shape index (κ1) is 15.3. The summed E-state index contributed by atoms with van der Waals surface area (Å²) in [6.07, 6.45) is 3.36. The molecule has 120 valence electrons. The number of carbonyl (C=O) groups is 1. The molecular formula is C16H22N2O3S. The molecule has 2 saturated heterocycles. The van der Waals surface area contributed by atoms with Crippen LogP contribution in [0.3, 0.4) is 0 Å². The molecule has 0 aliphatic carbocycles. The minimum atomic E-state index is -2.91. The van der Waals surface area contributed by atoms with Crippen LogP contribution >= 0.6 is 0 Å². The van der Waals surface area contributed by atoms with Gasteiger partial charge in [-0.2, -0.15) is 0 Å². The Hall–Kier alpha value is -1.56. The van der Waals surface area contributed by atoms with Crippen LogP contribution in [0.25, 0.3) is 0 Å². The van der Waals surface area contributed by atoms with Crippen LogP contribution < -0.4 is 10.2 Å². The molecule has 0 saturated carbocycles. The lowest BCUT2D eigenvalue weighted by atomic mass is 10.1. The zero-order valence-corrected chi connectivity index (χ0v) is 13.4. The van der Waals surface area contributed by atoms with E-state index in [0.717, 1.165) is 18.8 Å². The summed E-state index contributed by atoms with van der Waals surface area (Å²) in [5.74, 6) is 0.231. The van der Waals surface area contributed by atoms with E-state index in [9.17, 15) is 13.2 Å². The Morgan fingerprint density at radius 3 is 2.45 bits per heavy atom. The minimum Gasteiger partial charge on any atom is -0.372 e. The second kappa shape index (κ2) is 6.28. The van der Waals surface area contributed by atoms with Gasteiger partial charge < -0.3 is 10.2 Å². The number of nitrogens with one attached hydrogen (secondary N) is 1. The number of hydrogen-bond donors (Lipinski definition) is 1. The Bertz CT molecular complexity index is 634. The van der Waals surface area contributed by atoms with Gasteiger partial charge in [-0.15, -0.1) is 0 Å². The Labute approximate surface area is 131 Å². The molecule has 0 spiro atoms. The number of hydrogen-bond acceptors (Lipinski definition) is 4. The fraction of sp³-hybridized carbons (Fsp3) is 0.562. The van der Waals surface area contributed by atoms with Crippen molar-refractivity contribution in [3.8, 4) is 0 Å². The standard InChI is InChI=1S/C16H22N2O3S/c19-16(11-13-7-10-22(20,21)12-13)17-14-3-5-15(6-4-14)18-8-1-2-9-18/h3-6,13H,1-2,7-12H2,(H,17,19). The molecular weight excluding hydrogens is 300 g/mol. The van der Waals surface area contributed by atoms with E-state index in [0.29, 0.717) is 6.42 Å². The maximum Gasteiger partial charge on any atom is 0.224 e. The normalized spacial score (nSPS) is 23.6. The van der Waals surface area contributed by atoms with Gasteiger partial charge in [-0.1, -0.05) is 0 Å². The van der Waals surface area contributed by atoms with Crippen molar-refractivity contribution >= 4 is 27.1 Å². The molecule has 2 aliphatic rings. The molecule has 3 rings (SSSR count). The van der Waals surface area contributed by atoms with Gasteiger partial charge in [0.1, 0.15) is 0 Å². The van der Waals surface area contributed by atoms with E-state index in [1.807, 2.05) is 24.3 Å². The molecule has 0 radical (unpaired) electrons.